The van der Waals surface area contributed by atoms with Gasteiger partial charge in [0, 0.05) is 23.9 Å². The maximum atomic E-state index is 12.8. The number of sulfone groups is 1. The molecule has 0 atom stereocenters. The van der Waals surface area contributed by atoms with Crippen molar-refractivity contribution in [3.05, 3.63) is 34.9 Å². The van der Waals surface area contributed by atoms with E-state index in [1.165, 1.54) is 0 Å². The Bertz CT molecular complexity index is 834. The van der Waals surface area contributed by atoms with Crippen molar-refractivity contribution in [1.82, 2.24) is 5.32 Å². The molecule has 1 saturated carbocycles. The zero-order valence-electron chi connectivity index (χ0n) is 18.3. The van der Waals surface area contributed by atoms with Gasteiger partial charge < -0.3 is 5.32 Å². The third-order valence-electron chi connectivity index (χ3n) is 5.88. The molecule has 1 aromatic rings. The lowest BCUT2D eigenvalue weighted by Gasteiger charge is -2.28. The van der Waals surface area contributed by atoms with Crippen molar-refractivity contribution in [3.8, 4) is 0 Å². The van der Waals surface area contributed by atoms with Gasteiger partial charge in [0.25, 0.3) is 5.91 Å². The maximum absolute atomic E-state index is 12.8. The monoisotopic (exact) mass is 421 g/mol. The molecule has 0 aromatic heterocycles. The van der Waals surface area contributed by atoms with Gasteiger partial charge in [-0.1, -0.05) is 6.07 Å². The van der Waals surface area contributed by atoms with E-state index in [4.69, 9.17) is 0 Å². The topological polar surface area (TPSA) is 80.3 Å². The second-order valence-corrected chi connectivity index (χ2v) is 11.6. The highest BCUT2D eigenvalue weighted by atomic mass is 32.2. The molecule has 0 unspecified atom stereocenters. The Morgan fingerprint density at radius 3 is 2.21 bits per heavy atom. The third-order valence-corrected chi connectivity index (χ3v) is 8.25. The number of carbonyl (C=O) groups excluding carboxylic acids is 2. The second-order valence-electron chi connectivity index (χ2n) is 9.01. The Kier molecular flexibility index (Phi) is 8.03. The van der Waals surface area contributed by atoms with Crippen LogP contribution in [-0.2, 0) is 21.1 Å². The minimum Gasteiger partial charge on any atom is -0.350 e. The van der Waals surface area contributed by atoms with Crippen LogP contribution < -0.4 is 5.32 Å². The van der Waals surface area contributed by atoms with Crippen molar-refractivity contribution < 1.29 is 18.0 Å². The summed E-state index contributed by atoms with van der Waals surface area (Å²) in [6.45, 7) is 9.23. The molecular formula is C23H35NO4S. The van der Waals surface area contributed by atoms with Gasteiger partial charge in [0.05, 0.1) is 11.0 Å². The van der Waals surface area contributed by atoms with Crippen molar-refractivity contribution in [2.75, 3.05) is 5.75 Å². The summed E-state index contributed by atoms with van der Waals surface area (Å²) in [6.07, 6.45) is 3.51. The number of ketones is 1. The van der Waals surface area contributed by atoms with Gasteiger partial charge in [-0.15, -0.1) is 0 Å². The number of rotatable bonds is 8. The van der Waals surface area contributed by atoms with Gasteiger partial charge in [-0.2, -0.15) is 0 Å². The number of Topliss-reactive ketones (excluding diaryl/α,β-unsaturated/α-hetero) is 1. The molecule has 1 aliphatic rings. The van der Waals surface area contributed by atoms with Crippen LogP contribution in [0, 0.1) is 18.8 Å². The van der Waals surface area contributed by atoms with E-state index in [0.717, 1.165) is 36.8 Å². The Labute approximate surface area is 175 Å². The molecule has 29 heavy (non-hydrogen) atoms. The zero-order valence-corrected chi connectivity index (χ0v) is 19.1. The molecule has 2 rings (SSSR count). The van der Waals surface area contributed by atoms with Gasteiger partial charge >= 0.3 is 0 Å². The highest BCUT2D eigenvalue weighted by molar-refractivity contribution is 7.91. The predicted octanol–water partition coefficient (Wildman–Crippen LogP) is 3.87. The molecule has 0 bridgehead atoms. The predicted molar refractivity (Wildman–Crippen MR) is 117 cm³/mol. The number of aryl methyl sites for hydroxylation is 1. The lowest BCUT2D eigenvalue weighted by atomic mass is 9.79. The van der Waals surface area contributed by atoms with Gasteiger partial charge in [-0.25, -0.2) is 8.42 Å². The second kappa shape index (κ2) is 9.88. The first-order valence-corrected chi connectivity index (χ1v) is 12.4. The van der Waals surface area contributed by atoms with E-state index in [0.29, 0.717) is 12.0 Å². The van der Waals surface area contributed by atoms with Crippen LogP contribution >= 0.6 is 0 Å². The first-order chi connectivity index (χ1) is 13.5. The van der Waals surface area contributed by atoms with Gasteiger partial charge in [-0.3, -0.25) is 9.59 Å². The lowest BCUT2D eigenvalue weighted by Crippen LogP contribution is -2.30. The average molecular weight is 422 g/mol. The largest absolute Gasteiger partial charge is 0.350 e. The van der Waals surface area contributed by atoms with E-state index in [2.05, 4.69) is 5.32 Å². The smallest absolute Gasteiger partial charge is 0.251 e. The summed E-state index contributed by atoms with van der Waals surface area (Å²) < 4.78 is 24.3. The maximum Gasteiger partial charge on any atom is 0.251 e. The fourth-order valence-corrected chi connectivity index (χ4v) is 5.26. The Hall–Kier alpha value is -1.69. The fourth-order valence-electron chi connectivity index (χ4n) is 3.89. The molecule has 1 N–H and O–H groups in total. The van der Waals surface area contributed by atoms with E-state index in [9.17, 15) is 18.0 Å². The highest BCUT2D eigenvalue weighted by Gasteiger charge is 2.30. The van der Waals surface area contributed by atoms with Gasteiger partial charge in [-0.05, 0) is 89.5 Å². The summed E-state index contributed by atoms with van der Waals surface area (Å²) in [7, 11) is -3.03. The van der Waals surface area contributed by atoms with Crippen molar-refractivity contribution in [2.45, 2.75) is 78.0 Å². The molecule has 0 heterocycles. The molecule has 0 saturated heterocycles. The van der Waals surface area contributed by atoms with E-state index in [1.807, 2.05) is 32.9 Å². The van der Waals surface area contributed by atoms with E-state index >= 15 is 0 Å². The molecule has 6 heteroatoms. The highest BCUT2D eigenvalue weighted by Crippen LogP contribution is 2.32. The number of benzene rings is 1. The molecule has 1 aromatic carbocycles. The van der Waals surface area contributed by atoms with Crippen LogP contribution in [0.2, 0.25) is 0 Å². The lowest BCUT2D eigenvalue weighted by molar-refractivity contribution is -0.123. The first-order valence-electron chi connectivity index (χ1n) is 10.6. The molecule has 162 valence electrons. The van der Waals surface area contributed by atoms with Gasteiger partial charge in [0.1, 0.15) is 5.78 Å². The van der Waals surface area contributed by atoms with Crippen LogP contribution in [0.25, 0.3) is 0 Å². The SMILES string of the molecule is Cc1cc(C(=O)NC(C)C)ccc1CC(=O)C1CCC(CS(=O)(=O)C(C)C)CC1. The summed E-state index contributed by atoms with van der Waals surface area (Å²) in [5.41, 5.74) is 2.52. The number of carbonyl (C=O) groups is 2. The standard InChI is InChI=1S/C23H35NO4S/c1-15(2)24-23(26)21-11-10-20(17(5)12-21)13-22(25)19-8-6-18(7-9-19)14-29(27,28)16(3)4/h10-12,15-16,18-19H,6-9,13-14H2,1-5H3,(H,24,26). The van der Waals surface area contributed by atoms with E-state index in [1.54, 1.807) is 19.9 Å². The quantitative estimate of drug-likeness (QED) is 0.691. The summed E-state index contributed by atoms with van der Waals surface area (Å²) in [5.74, 6) is 0.543. The summed E-state index contributed by atoms with van der Waals surface area (Å²) in [6, 6.07) is 5.58. The number of hydrogen-bond acceptors (Lipinski definition) is 4. The van der Waals surface area contributed by atoms with Crippen LogP contribution in [0.3, 0.4) is 0 Å². The summed E-state index contributed by atoms with van der Waals surface area (Å²) in [4.78, 5) is 24.9. The average Bonchev–Trinajstić information content (AvgIpc) is 2.62. The van der Waals surface area contributed by atoms with Crippen molar-refractivity contribution in [3.63, 3.8) is 0 Å². The van der Waals surface area contributed by atoms with Gasteiger partial charge in [0.15, 0.2) is 9.84 Å². The molecule has 1 aliphatic carbocycles. The van der Waals surface area contributed by atoms with Crippen LogP contribution in [0.5, 0.6) is 0 Å². The van der Waals surface area contributed by atoms with Crippen LogP contribution in [0.1, 0.15) is 74.9 Å². The number of hydrogen-bond donors (Lipinski definition) is 1. The Morgan fingerprint density at radius 2 is 1.69 bits per heavy atom. The third kappa shape index (κ3) is 6.66. The molecule has 0 aliphatic heterocycles. The number of nitrogens with one attached hydrogen (secondary N) is 1. The van der Waals surface area contributed by atoms with E-state index in [-0.39, 0.29) is 40.6 Å². The molecule has 1 amide bonds. The molecule has 0 radical (unpaired) electrons. The molecule has 1 fully saturated rings. The molecule has 5 nitrogen and oxygen atoms in total. The zero-order chi connectivity index (χ0) is 21.8. The first kappa shape index (κ1) is 23.6. The molecule has 0 spiro atoms. The van der Waals surface area contributed by atoms with Crippen molar-refractivity contribution in [2.24, 2.45) is 11.8 Å². The molecular weight excluding hydrogens is 386 g/mol. The van der Waals surface area contributed by atoms with Crippen LogP contribution in [0.4, 0.5) is 0 Å². The van der Waals surface area contributed by atoms with Crippen molar-refractivity contribution in [1.29, 1.82) is 0 Å². The Morgan fingerprint density at radius 1 is 1.07 bits per heavy atom. The van der Waals surface area contributed by atoms with E-state index < -0.39 is 9.84 Å². The summed E-state index contributed by atoms with van der Waals surface area (Å²) in [5, 5.41) is 2.54. The minimum absolute atomic E-state index is 0.0105. The summed E-state index contributed by atoms with van der Waals surface area (Å²) >= 11 is 0. The van der Waals surface area contributed by atoms with Crippen LogP contribution in [0.15, 0.2) is 18.2 Å². The normalized spacial score (nSPS) is 20.1. The number of amides is 1. The van der Waals surface area contributed by atoms with Crippen molar-refractivity contribution >= 4 is 21.5 Å². The minimum atomic E-state index is -3.03. The Balaban J connectivity index is 1.92. The fraction of sp³-hybridized carbons (Fsp3) is 0.652. The van der Waals surface area contributed by atoms with Gasteiger partial charge in [0.2, 0.25) is 0 Å². The van der Waals surface area contributed by atoms with Crippen LogP contribution in [-0.4, -0.2) is 37.2 Å².